The number of hydrogen-bond acceptors (Lipinski definition) is 6. The highest BCUT2D eigenvalue weighted by molar-refractivity contribution is 7.62. The van der Waals surface area contributed by atoms with Gasteiger partial charge in [-0.2, -0.15) is 0 Å². The standard InChI is InChI=1S/C33H34N2O8P2/c1-3-42-45(41,43-4-2)33-17-13-29(14-18-33)35(23-37)31-10-8-25-6-5-24-7-9-30(20-26(24)19-27(25)21-31)34(22-36)28-11-15-32(16-12-28)44(38,39)40/h7-18,20-23H,3-6,19H2,1-2H3,(H2,38,39,40). The minimum atomic E-state index is -4.40. The Morgan fingerprint density at radius 1 is 0.622 bits per heavy atom. The van der Waals surface area contributed by atoms with Gasteiger partial charge in [0.15, 0.2) is 0 Å². The summed E-state index contributed by atoms with van der Waals surface area (Å²) in [5.41, 5.74) is 6.76. The number of hydrogen-bond donors (Lipinski definition) is 2. The molecule has 0 saturated carbocycles. The fourth-order valence-electron chi connectivity index (χ4n) is 5.49. The number of carbonyl (C=O) groups is 2. The highest BCUT2D eigenvalue weighted by Gasteiger charge is 2.27. The number of fused-ring (bicyclic) bond motifs is 2. The Morgan fingerprint density at radius 2 is 1.02 bits per heavy atom. The van der Waals surface area contributed by atoms with Gasteiger partial charge in [0, 0.05) is 22.7 Å². The molecule has 10 nitrogen and oxygen atoms in total. The van der Waals surface area contributed by atoms with Crippen LogP contribution in [0.2, 0.25) is 0 Å². The highest BCUT2D eigenvalue weighted by Crippen LogP contribution is 2.47. The largest absolute Gasteiger partial charge is 0.361 e. The van der Waals surface area contributed by atoms with Crippen molar-refractivity contribution in [2.45, 2.75) is 33.1 Å². The van der Waals surface area contributed by atoms with Crippen LogP contribution < -0.4 is 20.4 Å². The minimum Gasteiger partial charge on any atom is -0.321 e. The van der Waals surface area contributed by atoms with Gasteiger partial charge >= 0.3 is 15.2 Å². The fourth-order valence-corrected chi connectivity index (χ4v) is 7.59. The van der Waals surface area contributed by atoms with Crippen molar-refractivity contribution in [2.24, 2.45) is 0 Å². The maximum Gasteiger partial charge on any atom is 0.361 e. The van der Waals surface area contributed by atoms with Gasteiger partial charge in [0.25, 0.3) is 0 Å². The summed E-state index contributed by atoms with van der Waals surface area (Å²) in [7, 11) is -7.86. The summed E-state index contributed by atoms with van der Waals surface area (Å²) in [5, 5.41) is 0.292. The molecule has 0 unspecified atom stereocenters. The number of nitrogens with zero attached hydrogens (tertiary/aromatic N) is 2. The van der Waals surface area contributed by atoms with Crippen LogP contribution in [0.15, 0.2) is 84.9 Å². The normalized spacial score (nSPS) is 12.9. The van der Waals surface area contributed by atoms with E-state index >= 15 is 0 Å². The molecule has 45 heavy (non-hydrogen) atoms. The predicted molar refractivity (Wildman–Crippen MR) is 175 cm³/mol. The Labute approximate surface area is 261 Å². The molecule has 0 radical (unpaired) electrons. The fraction of sp³-hybridized carbons (Fsp3) is 0.212. The van der Waals surface area contributed by atoms with Gasteiger partial charge in [-0.25, -0.2) is 0 Å². The molecular weight excluding hydrogens is 614 g/mol. The Balaban J connectivity index is 1.42. The first kappa shape index (κ1) is 32.5. The molecule has 2 amide bonds. The molecule has 0 saturated heterocycles. The van der Waals surface area contributed by atoms with Crippen LogP contribution in [0, 0.1) is 0 Å². The first-order valence-electron chi connectivity index (χ1n) is 14.5. The van der Waals surface area contributed by atoms with E-state index in [1.807, 2.05) is 36.4 Å². The number of carbonyl (C=O) groups excluding carboxylic acids is 2. The molecule has 0 spiro atoms. The smallest absolute Gasteiger partial charge is 0.321 e. The third kappa shape index (κ3) is 7.02. The van der Waals surface area contributed by atoms with Crippen molar-refractivity contribution < 1.29 is 37.6 Å². The Morgan fingerprint density at radius 3 is 1.40 bits per heavy atom. The average molecular weight is 649 g/mol. The van der Waals surface area contributed by atoms with Crippen LogP contribution >= 0.6 is 15.2 Å². The van der Waals surface area contributed by atoms with Gasteiger partial charge < -0.3 is 18.8 Å². The van der Waals surface area contributed by atoms with Crippen LogP contribution in [-0.2, 0) is 47.0 Å². The number of aryl methyl sites for hydroxylation is 2. The zero-order chi connectivity index (χ0) is 32.2. The molecule has 234 valence electrons. The van der Waals surface area contributed by atoms with Gasteiger partial charge in [-0.3, -0.25) is 28.5 Å². The SMILES string of the molecule is CCOP(=O)(OCC)c1ccc(N(C=O)c2ccc3c(c2)Cc2cc(N(C=O)c4ccc(P(=O)(O)O)cc4)ccc2CC3)cc1. The molecule has 0 bridgehead atoms. The third-order valence-corrected chi connectivity index (χ3v) is 10.8. The summed E-state index contributed by atoms with van der Waals surface area (Å²) in [6.45, 7) is 3.97. The number of anilines is 4. The zero-order valence-electron chi connectivity index (χ0n) is 24.9. The van der Waals surface area contributed by atoms with E-state index in [1.54, 1.807) is 38.1 Å². The van der Waals surface area contributed by atoms with E-state index in [9.17, 15) is 28.5 Å². The summed E-state index contributed by atoms with van der Waals surface area (Å²) < 4.78 is 35.6. The molecule has 2 N–H and O–H groups in total. The maximum atomic E-state index is 13.2. The van der Waals surface area contributed by atoms with Crippen molar-refractivity contribution in [3.8, 4) is 0 Å². The Kier molecular flexibility index (Phi) is 9.85. The van der Waals surface area contributed by atoms with Crippen LogP contribution in [0.4, 0.5) is 22.7 Å². The predicted octanol–water partition coefficient (Wildman–Crippen LogP) is 5.66. The number of amides is 2. The van der Waals surface area contributed by atoms with Crippen LogP contribution in [0.5, 0.6) is 0 Å². The molecule has 4 aromatic carbocycles. The summed E-state index contributed by atoms with van der Waals surface area (Å²) in [5.74, 6) is 0. The molecule has 1 aliphatic rings. The van der Waals surface area contributed by atoms with Crippen molar-refractivity contribution in [3.05, 3.63) is 107 Å². The second-order valence-electron chi connectivity index (χ2n) is 10.4. The average Bonchev–Trinajstić information content (AvgIpc) is 3.21. The molecule has 0 atom stereocenters. The van der Waals surface area contributed by atoms with Crippen molar-refractivity contribution >= 4 is 61.4 Å². The van der Waals surface area contributed by atoms with Gasteiger partial charge in [0.2, 0.25) is 12.8 Å². The van der Waals surface area contributed by atoms with Gasteiger partial charge in [0.05, 0.1) is 23.8 Å². The van der Waals surface area contributed by atoms with E-state index < -0.39 is 15.2 Å². The van der Waals surface area contributed by atoms with Gasteiger partial charge in [-0.15, -0.1) is 0 Å². The van der Waals surface area contributed by atoms with E-state index in [0.717, 1.165) is 41.5 Å². The van der Waals surface area contributed by atoms with E-state index in [0.29, 0.717) is 40.9 Å². The molecule has 0 fully saturated rings. The third-order valence-electron chi connectivity index (χ3n) is 7.70. The van der Waals surface area contributed by atoms with Crippen LogP contribution in [0.1, 0.15) is 36.1 Å². The molecule has 0 heterocycles. The molecule has 5 rings (SSSR count). The van der Waals surface area contributed by atoms with Crippen LogP contribution in [0.25, 0.3) is 0 Å². The molecule has 12 heteroatoms. The second kappa shape index (κ2) is 13.6. The lowest BCUT2D eigenvalue weighted by Crippen LogP contribution is -2.16. The lowest BCUT2D eigenvalue weighted by Gasteiger charge is -2.22. The van der Waals surface area contributed by atoms with Crippen LogP contribution in [-0.4, -0.2) is 35.8 Å². The van der Waals surface area contributed by atoms with Gasteiger partial charge in [0.1, 0.15) is 0 Å². The molecular formula is C33H34N2O8P2. The quantitative estimate of drug-likeness (QED) is 0.149. The van der Waals surface area contributed by atoms with E-state index in [2.05, 4.69) is 0 Å². The molecule has 0 aromatic heterocycles. The first-order chi connectivity index (χ1) is 21.6. The van der Waals surface area contributed by atoms with Crippen molar-refractivity contribution in [2.75, 3.05) is 23.0 Å². The van der Waals surface area contributed by atoms with Gasteiger partial charge in [-0.05, 0) is 128 Å². The van der Waals surface area contributed by atoms with Crippen LogP contribution in [0.3, 0.4) is 0 Å². The highest BCUT2D eigenvalue weighted by atomic mass is 31.2. The topological polar surface area (TPSA) is 134 Å². The van der Waals surface area contributed by atoms with E-state index in [1.165, 1.54) is 34.1 Å². The Bertz CT molecular complexity index is 1780. The first-order valence-corrected chi connectivity index (χ1v) is 17.6. The summed E-state index contributed by atoms with van der Waals surface area (Å²) in [4.78, 5) is 46.3. The zero-order valence-corrected chi connectivity index (χ0v) is 26.7. The minimum absolute atomic E-state index is 0.122. The lowest BCUT2D eigenvalue weighted by atomic mass is 9.98. The van der Waals surface area contributed by atoms with E-state index in [-0.39, 0.29) is 18.5 Å². The maximum absolute atomic E-state index is 13.2. The van der Waals surface area contributed by atoms with Gasteiger partial charge in [-0.1, -0.05) is 12.1 Å². The second-order valence-corrected chi connectivity index (χ2v) is 14.1. The molecule has 4 aromatic rings. The summed E-state index contributed by atoms with van der Waals surface area (Å²) in [6.07, 6.45) is 3.60. The van der Waals surface area contributed by atoms with Crippen molar-refractivity contribution in [1.82, 2.24) is 0 Å². The Hall–Kier alpha value is -3.88. The van der Waals surface area contributed by atoms with Crippen molar-refractivity contribution in [3.63, 3.8) is 0 Å². The van der Waals surface area contributed by atoms with Crippen molar-refractivity contribution in [1.29, 1.82) is 0 Å². The monoisotopic (exact) mass is 648 g/mol. The lowest BCUT2D eigenvalue weighted by molar-refractivity contribution is -0.107. The molecule has 0 aliphatic heterocycles. The number of benzene rings is 4. The molecule has 1 aliphatic carbocycles. The summed E-state index contributed by atoms with van der Waals surface area (Å²) >= 11 is 0. The number of rotatable bonds is 12. The summed E-state index contributed by atoms with van der Waals surface area (Å²) in [6, 6.07) is 24.1. The van der Waals surface area contributed by atoms with E-state index in [4.69, 9.17) is 9.05 Å².